The number of amides is 3. The maximum absolute atomic E-state index is 12.7. The molecule has 2 heterocycles. The first-order valence-corrected chi connectivity index (χ1v) is 11.2. The number of rotatable bonds is 6. The van der Waals surface area contributed by atoms with E-state index >= 15 is 0 Å². The molecule has 32 heavy (non-hydrogen) atoms. The van der Waals surface area contributed by atoms with Gasteiger partial charge in [0, 0.05) is 42.3 Å². The summed E-state index contributed by atoms with van der Waals surface area (Å²) in [7, 11) is 0. The van der Waals surface area contributed by atoms with E-state index in [1.165, 1.54) is 6.42 Å². The standard InChI is InChI=1S/C25H29N5O2/c1-18-6-4-5-17-30(18)24(31)20-9-12-21(13-10-20)28-25(32)27-16-15-26-23-14-11-19-7-2-3-8-22(19)29-23/h2-3,7-14,18H,4-6,15-17H2,1H3,(H,26,29)(H2,27,28,32). The summed E-state index contributed by atoms with van der Waals surface area (Å²) in [6, 6.07) is 18.9. The van der Waals surface area contributed by atoms with Gasteiger partial charge >= 0.3 is 6.03 Å². The van der Waals surface area contributed by atoms with Crippen LogP contribution in [0.4, 0.5) is 16.3 Å². The third-order valence-corrected chi connectivity index (χ3v) is 5.77. The van der Waals surface area contributed by atoms with Crippen molar-refractivity contribution in [1.82, 2.24) is 15.2 Å². The summed E-state index contributed by atoms with van der Waals surface area (Å²) in [6.07, 6.45) is 3.29. The minimum absolute atomic E-state index is 0.0570. The second-order valence-electron chi connectivity index (χ2n) is 8.12. The van der Waals surface area contributed by atoms with E-state index < -0.39 is 0 Å². The van der Waals surface area contributed by atoms with E-state index in [4.69, 9.17) is 0 Å². The van der Waals surface area contributed by atoms with Gasteiger partial charge in [-0.25, -0.2) is 9.78 Å². The van der Waals surface area contributed by atoms with Crippen LogP contribution in [0, 0.1) is 0 Å². The van der Waals surface area contributed by atoms with Crippen LogP contribution in [0.15, 0.2) is 60.7 Å². The van der Waals surface area contributed by atoms with Gasteiger partial charge in [0.05, 0.1) is 5.52 Å². The Bertz CT molecular complexity index is 1080. The lowest BCUT2D eigenvalue weighted by atomic mass is 10.0. The molecule has 2 aromatic carbocycles. The van der Waals surface area contributed by atoms with Crippen LogP contribution in [0.5, 0.6) is 0 Å². The van der Waals surface area contributed by atoms with Crippen LogP contribution in [0.3, 0.4) is 0 Å². The molecule has 1 unspecified atom stereocenters. The van der Waals surface area contributed by atoms with Crippen LogP contribution in [0.25, 0.3) is 10.9 Å². The Morgan fingerprint density at radius 2 is 1.81 bits per heavy atom. The van der Waals surface area contributed by atoms with Crippen molar-refractivity contribution in [2.75, 3.05) is 30.3 Å². The number of carbonyl (C=O) groups is 2. The molecule has 1 fully saturated rings. The summed E-state index contributed by atoms with van der Waals surface area (Å²) in [4.78, 5) is 31.4. The summed E-state index contributed by atoms with van der Waals surface area (Å²) < 4.78 is 0. The van der Waals surface area contributed by atoms with Crippen LogP contribution in [0.2, 0.25) is 0 Å². The molecule has 0 aliphatic carbocycles. The van der Waals surface area contributed by atoms with Crippen molar-refractivity contribution in [3.8, 4) is 0 Å². The summed E-state index contributed by atoms with van der Waals surface area (Å²) in [5, 5.41) is 9.93. The highest BCUT2D eigenvalue weighted by Crippen LogP contribution is 2.20. The predicted octanol–water partition coefficient (Wildman–Crippen LogP) is 4.48. The monoisotopic (exact) mass is 431 g/mol. The Hall–Kier alpha value is -3.61. The van der Waals surface area contributed by atoms with Crippen molar-refractivity contribution in [2.45, 2.75) is 32.2 Å². The lowest BCUT2D eigenvalue weighted by Crippen LogP contribution is -2.42. The predicted molar refractivity (Wildman–Crippen MR) is 128 cm³/mol. The van der Waals surface area contributed by atoms with Gasteiger partial charge in [0.15, 0.2) is 0 Å². The second-order valence-corrected chi connectivity index (χ2v) is 8.12. The number of aromatic nitrogens is 1. The van der Waals surface area contributed by atoms with Crippen molar-refractivity contribution in [2.24, 2.45) is 0 Å². The molecule has 7 heteroatoms. The zero-order valence-electron chi connectivity index (χ0n) is 18.3. The molecule has 0 spiro atoms. The highest BCUT2D eigenvalue weighted by Gasteiger charge is 2.24. The van der Waals surface area contributed by atoms with Gasteiger partial charge < -0.3 is 20.9 Å². The van der Waals surface area contributed by atoms with Crippen molar-refractivity contribution in [1.29, 1.82) is 0 Å². The highest BCUT2D eigenvalue weighted by atomic mass is 16.2. The Balaban J connectivity index is 1.22. The minimum atomic E-state index is -0.290. The molecule has 7 nitrogen and oxygen atoms in total. The fraction of sp³-hybridized carbons (Fsp3) is 0.320. The van der Waals surface area contributed by atoms with Gasteiger partial charge in [-0.05, 0) is 68.7 Å². The van der Waals surface area contributed by atoms with Gasteiger partial charge in [0.25, 0.3) is 5.91 Å². The number of hydrogen-bond acceptors (Lipinski definition) is 4. The van der Waals surface area contributed by atoms with E-state index in [0.29, 0.717) is 24.3 Å². The van der Waals surface area contributed by atoms with Crippen LogP contribution in [-0.4, -0.2) is 47.5 Å². The number of hydrogen-bond donors (Lipinski definition) is 3. The van der Waals surface area contributed by atoms with E-state index in [2.05, 4.69) is 27.9 Å². The molecule has 1 aliphatic heterocycles. The first-order valence-electron chi connectivity index (χ1n) is 11.2. The van der Waals surface area contributed by atoms with Crippen molar-refractivity contribution >= 4 is 34.3 Å². The van der Waals surface area contributed by atoms with Gasteiger partial charge in [0.1, 0.15) is 5.82 Å². The lowest BCUT2D eigenvalue weighted by Gasteiger charge is -2.33. The Morgan fingerprint density at radius 3 is 2.62 bits per heavy atom. The molecular formula is C25H29N5O2. The number of pyridine rings is 1. The van der Waals surface area contributed by atoms with E-state index in [9.17, 15) is 9.59 Å². The van der Waals surface area contributed by atoms with Crippen LogP contribution >= 0.6 is 0 Å². The summed E-state index contributed by atoms with van der Waals surface area (Å²) in [5.74, 6) is 0.829. The molecule has 1 aliphatic rings. The normalized spacial score (nSPS) is 15.9. The summed E-state index contributed by atoms with van der Waals surface area (Å²) in [5.41, 5.74) is 2.23. The number of fused-ring (bicyclic) bond motifs is 1. The molecular weight excluding hydrogens is 402 g/mol. The Labute approximate surface area is 188 Å². The van der Waals surface area contributed by atoms with E-state index in [0.717, 1.165) is 36.1 Å². The Kier molecular flexibility index (Phi) is 6.84. The molecule has 3 N–H and O–H groups in total. The molecule has 0 saturated carbocycles. The van der Waals surface area contributed by atoms with Crippen LogP contribution in [-0.2, 0) is 0 Å². The van der Waals surface area contributed by atoms with Gasteiger partial charge in [-0.2, -0.15) is 0 Å². The molecule has 1 saturated heterocycles. The smallest absolute Gasteiger partial charge is 0.319 e. The fourth-order valence-electron chi connectivity index (χ4n) is 3.97. The Morgan fingerprint density at radius 1 is 1.00 bits per heavy atom. The second kappa shape index (κ2) is 10.1. The first kappa shape index (κ1) is 21.6. The van der Waals surface area contributed by atoms with Crippen molar-refractivity contribution in [3.63, 3.8) is 0 Å². The average molecular weight is 432 g/mol. The number of urea groups is 1. The number of para-hydroxylation sites is 1. The van der Waals surface area contributed by atoms with Gasteiger partial charge in [-0.15, -0.1) is 0 Å². The maximum atomic E-state index is 12.7. The van der Waals surface area contributed by atoms with Gasteiger partial charge in [0.2, 0.25) is 0 Å². The number of anilines is 2. The number of benzene rings is 2. The number of nitrogens with zero attached hydrogens (tertiary/aromatic N) is 2. The number of carbonyl (C=O) groups excluding carboxylic acids is 2. The molecule has 3 aromatic rings. The highest BCUT2D eigenvalue weighted by molar-refractivity contribution is 5.95. The number of piperidine rings is 1. The molecule has 3 amide bonds. The van der Waals surface area contributed by atoms with Gasteiger partial charge in [-0.1, -0.05) is 18.2 Å². The maximum Gasteiger partial charge on any atom is 0.319 e. The van der Waals surface area contributed by atoms with E-state index in [1.807, 2.05) is 41.3 Å². The zero-order valence-corrected chi connectivity index (χ0v) is 18.3. The van der Waals surface area contributed by atoms with Crippen molar-refractivity contribution in [3.05, 3.63) is 66.2 Å². The lowest BCUT2D eigenvalue weighted by molar-refractivity contribution is 0.0635. The molecule has 1 atom stereocenters. The first-order chi connectivity index (χ1) is 15.6. The summed E-state index contributed by atoms with van der Waals surface area (Å²) >= 11 is 0. The van der Waals surface area contributed by atoms with Crippen LogP contribution in [0.1, 0.15) is 36.5 Å². The number of likely N-dealkylation sites (tertiary alicyclic amines) is 1. The topological polar surface area (TPSA) is 86.4 Å². The summed E-state index contributed by atoms with van der Waals surface area (Å²) in [6.45, 7) is 3.91. The molecule has 1 aromatic heterocycles. The average Bonchev–Trinajstić information content (AvgIpc) is 2.82. The third-order valence-electron chi connectivity index (χ3n) is 5.77. The SMILES string of the molecule is CC1CCCCN1C(=O)c1ccc(NC(=O)NCCNc2ccc3ccccc3n2)cc1. The molecule has 4 rings (SSSR count). The third kappa shape index (κ3) is 5.35. The fourth-order valence-corrected chi connectivity index (χ4v) is 3.97. The molecule has 166 valence electrons. The quantitative estimate of drug-likeness (QED) is 0.502. The zero-order chi connectivity index (χ0) is 22.3. The van der Waals surface area contributed by atoms with Crippen LogP contribution < -0.4 is 16.0 Å². The number of nitrogens with one attached hydrogen (secondary N) is 3. The van der Waals surface area contributed by atoms with Crippen molar-refractivity contribution < 1.29 is 9.59 Å². The van der Waals surface area contributed by atoms with E-state index in [-0.39, 0.29) is 18.0 Å². The molecule has 0 bridgehead atoms. The van der Waals surface area contributed by atoms with E-state index in [1.54, 1.807) is 24.3 Å². The largest absolute Gasteiger partial charge is 0.368 e. The minimum Gasteiger partial charge on any atom is -0.368 e. The molecule has 0 radical (unpaired) electrons. The van der Waals surface area contributed by atoms with Gasteiger partial charge in [-0.3, -0.25) is 4.79 Å².